The molecular formula is C8H7BrClF4NS. The van der Waals surface area contributed by atoms with E-state index in [4.69, 9.17) is 11.6 Å². The molecule has 0 fully saturated rings. The average molecular weight is 341 g/mol. The van der Waals surface area contributed by atoms with Crippen LogP contribution in [0.15, 0.2) is 9.85 Å². The van der Waals surface area contributed by atoms with E-state index in [0.29, 0.717) is 3.79 Å². The van der Waals surface area contributed by atoms with E-state index < -0.39 is 18.4 Å². The van der Waals surface area contributed by atoms with Gasteiger partial charge in [-0.05, 0) is 29.0 Å². The average Bonchev–Trinajstić information content (AvgIpc) is 2.47. The van der Waals surface area contributed by atoms with Gasteiger partial charge in [0.25, 0.3) is 0 Å². The first-order chi connectivity index (χ1) is 7.30. The third-order valence-electron chi connectivity index (χ3n) is 1.91. The maximum absolute atomic E-state index is 13.2. The van der Waals surface area contributed by atoms with Crippen LogP contribution in [0.4, 0.5) is 17.6 Å². The fraction of sp³-hybridized carbons (Fsp3) is 0.500. The van der Waals surface area contributed by atoms with Gasteiger partial charge in [-0.3, -0.25) is 0 Å². The Kier molecular flexibility index (Phi) is 4.62. The molecule has 0 aromatic carbocycles. The molecule has 0 amide bonds. The highest BCUT2D eigenvalue weighted by Gasteiger charge is 2.49. The van der Waals surface area contributed by atoms with Crippen LogP contribution in [0.3, 0.4) is 0 Å². The third kappa shape index (κ3) is 2.69. The number of hydrogen-bond acceptors (Lipinski definition) is 2. The summed E-state index contributed by atoms with van der Waals surface area (Å²) in [6.45, 7) is 0. The van der Waals surface area contributed by atoms with Crippen molar-refractivity contribution >= 4 is 38.9 Å². The minimum atomic E-state index is -4.14. The Hall–Kier alpha value is 0.150. The van der Waals surface area contributed by atoms with Crippen molar-refractivity contribution in [3.63, 3.8) is 0 Å². The van der Waals surface area contributed by atoms with Gasteiger partial charge in [0.15, 0.2) is 0 Å². The van der Waals surface area contributed by atoms with E-state index in [1.54, 1.807) is 0 Å². The quantitative estimate of drug-likeness (QED) is 0.805. The standard InChI is InChI=1S/C8H7BrClF4NS/c1-15-5(8(13,14)7(11)12)4-2-3(10)6(9)16-4/h2,5,7,15H,1H3. The van der Waals surface area contributed by atoms with Crippen molar-refractivity contribution in [3.8, 4) is 0 Å². The molecule has 1 heterocycles. The molecule has 1 aromatic rings. The van der Waals surface area contributed by atoms with Crippen molar-refractivity contribution in [3.05, 3.63) is 19.8 Å². The molecular weight excluding hydrogens is 334 g/mol. The van der Waals surface area contributed by atoms with E-state index in [1.807, 2.05) is 0 Å². The van der Waals surface area contributed by atoms with E-state index in [2.05, 4.69) is 21.2 Å². The summed E-state index contributed by atoms with van der Waals surface area (Å²) >= 11 is 9.61. The van der Waals surface area contributed by atoms with Crippen LogP contribution < -0.4 is 5.32 Å². The molecule has 0 saturated heterocycles. The predicted octanol–water partition coefficient (Wildman–Crippen LogP) is 4.32. The van der Waals surface area contributed by atoms with Gasteiger partial charge < -0.3 is 5.32 Å². The van der Waals surface area contributed by atoms with E-state index in [0.717, 1.165) is 11.3 Å². The SMILES string of the molecule is CNC(c1cc(Cl)c(Br)s1)C(F)(F)C(F)F. The monoisotopic (exact) mass is 339 g/mol. The molecule has 92 valence electrons. The predicted molar refractivity (Wildman–Crippen MR) is 59.8 cm³/mol. The summed E-state index contributed by atoms with van der Waals surface area (Å²) in [7, 11) is 1.20. The van der Waals surface area contributed by atoms with Crippen molar-refractivity contribution in [2.24, 2.45) is 0 Å². The highest BCUT2D eigenvalue weighted by atomic mass is 79.9. The summed E-state index contributed by atoms with van der Waals surface area (Å²) in [5.41, 5.74) is 0. The van der Waals surface area contributed by atoms with Gasteiger partial charge in [0.05, 0.1) is 8.81 Å². The van der Waals surface area contributed by atoms with Gasteiger partial charge in [0, 0.05) is 4.88 Å². The summed E-state index contributed by atoms with van der Waals surface area (Å²) in [5.74, 6) is -4.14. The second-order valence-corrected chi connectivity index (χ2v) is 5.78. The van der Waals surface area contributed by atoms with Crippen molar-refractivity contribution in [1.29, 1.82) is 0 Å². The molecule has 1 unspecified atom stereocenters. The Labute approximate surface area is 107 Å². The lowest BCUT2D eigenvalue weighted by molar-refractivity contribution is -0.149. The molecule has 0 aliphatic heterocycles. The number of nitrogens with one attached hydrogen (secondary N) is 1. The highest BCUT2D eigenvalue weighted by molar-refractivity contribution is 9.11. The van der Waals surface area contributed by atoms with Gasteiger partial charge in [-0.25, -0.2) is 8.78 Å². The second-order valence-electron chi connectivity index (χ2n) is 2.97. The topological polar surface area (TPSA) is 12.0 Å². The van der Waals surface area contributed by atoms with Crippen LogP contribution in [0.25, 0.3) is 0 Å². The molecule has 0 aliphatic rings. The molecule has 1 aromatic heterocycles. The summed E-state index contributed by atoms with van der Waals surface area (Å²) in [6.07, 6.45) is -3.73. The van der Waals surface area contributed by atoms with Crippen LogP contribution in [0.2, 0.25) is 5.02 Å². The second kappa shape index (κ2) is 5.20. The summed E-state index contributed by atoms with van der Waals surface area (Å²) < 4.78 is 51.2. The highest BCUT2D eigenvalue weighted by Crippen LogP contribution is 2.42. The number of thiophene rings is 1. The molecule has 0 spiro atoms. The molecule has 0 bridgehead atoms. The number of halogens is 6. The lowest BCUT2D eigenvalue weighted by Gasteiger charge is -2.24. The molecule has 1 nitrogen and oxygen atoms in total. The van der Waals surface area contributed by atoms with Crippen molar-refractivity contribution in [2.45, 2.75) is 18.4 Å². The summed E-state index contributed by atoms with van der Waals surface area (Å²) in [4.78, 5) is 0.0599. The Morgan fingerprint density at radius 1 is 1.50 bits per heavy atom. The Balaban J connectivity index is 3.07. The van der Waals surface area contributed by atoms with Crippen LogP contribution in [0.1, 0.15) is 10.9 Å². The lowest BCUT2D eigenvalue weighted by Crippen LogP contribution is -2.40. The van der Waals surface area contributed by atoms with E-state index in [-0.39, 0.29) is 9.90 Å². The lowest BCUT2D eigenvalue weighted by atomic mass is 10.1. The smallest absolute Gasteiger partial charge is 0.307 e. The van der Waals surface area contributed by atoms with Gasteiger partial charge in [-0.1, -0.05) is 11.6 Å². The Morgan fingerprint density at radius 3 is 2.38 bits per heavy atom. The largest absolute Gasteiger partial charge is 0.327 e. The van der Waals surface area contributed by atoms with Gasteiger partial charge in [-0.15, -0.1) is 11.3 Å². The van der Waals surface area contributed by atoms with Crippen LogP contribution in [-0.4, -0.2) is 19.4 Å². The maximum atomic E-state index is 13.2. The van der Waals surface area contributed by atoms with Crippen molar-refractivity contribution < 1.29 is 17.6 Å². The molecule has 0 saturated carbocycles. The molecule has 16 heavy (non-hydrogen) atoms. The third-order valence-corrected chi connectivity index (χ3v) is 4.45. The zero-order chi connectivity index (χ0) is 12.5. The molecule has 0 radical (unpaired) electrons. The fourth-order valence-electron chi connectivity index (χ4n) is 1.16. The van der Waals surface area contributed by atoms with Crippen LogP contribution in [-0.2, 0) is 0 Å². The minimum absolute atomic E-state index is 0.0599. The van der Waals surface area contributed by atoms with Crippen molar-refractivity contribution in [1.82, 2.24) is 5.32 Å². The zero-order valence-corrected chi connectivity index (χ0v) is 11.1. The first kappa shape index (κ1) is 14.2. The molecule has 0 aliphatic carbocycles. The minimum Gasteiger partial charge on any atom is -0.307 e. The number of alkyl halides is 4. The van der Waals surface area contributed by atoms with E-state index in [9.17, 15) is 17.6 Å². The van der Waals surface area contributed by atoms with Gasteiger partial charge in [-0.2, -0.15) is 8.78 Å². The zero-order valence-electron chi connectivity index (χ0n) is 7.91. The van der Waals surface area contributed by atoms with Crippen molar-refractivity contribution in [2.75, 3.05) is 7.05 Å². The Morgan fingerprint density at radius 2 is 2.06 bits per heavy atom. The molecule has 1 rings (SSSR count). The number of hydrogen-bond donors (Lipinski definition) is 1. The maximum Gasteiger partial charge on any atom is 0.327 e. The van der Waals surface area contributed by atoms with Crippen LogP contribution in [0.5, 0.6) is 0 Å². The first-order valence-corrected chi connectivity index (χ1v) is 6.07. The fourth-order valence-corrected chi connectivity index (χ4v) is 3.06. The van der Waals surface area contributed by atoms with Gasteiger partial charge >= 0.3 is 12.3 Å². The molecule has 1 N–H and O–H groups in total. The van der Waals surface area contributed by atoms with Crippen LogP contribution >= 0.6 is 38.9 Å². The summed E-state index contributed by atoms with van der Waals surface area (Å²) in [6, 6.07) is -0.505. The number of rotatable bonds is 4. The van der Waals surface area contributed by atoms with E-state index in [1.165, 1.54) is 13.1 Å². The van der Waals surface area contributed by atoms with Gasteiger partial charge in [0.2, 0.25) is 0 Å². The van der Waals surface area contributed by atoms with E-state index >= 15 is 0 Å². The van der Waals surface area contributed by atoms with Crippen LogP contribution in [0, 0.1) is 0 Å². The normalized spacial score (nSPS) is 14.5. The van der Waals surface area contributed by atoms with Gasteiger partial charge in [0.1, 0.15) is 6.04 Å². The Bertz CT molecular complexity index is 351. The summed E-state index contributed by atoms with van der Waals surface area (Å²) in [5, 5.41) is 2.41. The molecule has 1 atom stereocenters. The first-order valence-electron chi connectivity index (χ1n) is 4.08. The molecule has 8 heteroatoms.